The molecule has 2 heterocycles. The fraction of sp³-hybridized carbons (Fsp3) is 0.0588. The molecule has 0 saturated carbocycles. The van der Waals surface area contributed by atoms with Gasteiger partial charge in [-0.05, 0) is 6.07 Å². The molecule has 25 heavy (non-hydrogen) atoms. The molecule has 0 fully saturated rings. The summed E-state index contributed by atoms with van der Waals surface area (Å²) in [6, 6.07) is 10.8. The highest BCUT2D eigenvalue weighted by atomic mass is 32.1. The Hall–Kier alpha value is -3.26. The summed E-state index contributed by atoms with van der Waals surface area (Å²) in [5.41, 5.74) is 9.14. The number of nitrogens with two attached hydrogens (primary N) is 1. The normalized spacial score (nSPS) is 10.6. The number of imidazole rings is 1. The van der Waals surface area contributed by atoms with Gasteiger partial charge < -0.3 is 20.6 Å². The number of nitrogens with zero attached hydrogens (tertiary/aromatic N) is 2. The van der Waals surface area contributed by atoms with Gasteiger partial charge in [0.1, 0.15) is 17.1 Å². The van der Waals surface area contributed by atoms with Crippen molar-refractivity contribution in [2.75, 3.05) is 5.32 Å². The Balaban J connectivity index is 1.86. The van der Waals surface area contributed by atoms with Gasteiger partial charge in [0.05, 0.1) is 5.69 Å². The summed E-state index contributed by atoms with van der Waals surface area (Å²) in [7, 11) is 0. The predicted octanol–water partition coefficient (Wildman–Crippen LogP) is 2.05. The number of anilines is 1. The number of nitrogens with one attached hydrogen (secondary N) is 1. The molecule has 8 heteroatoms. The zero-order chi connectivity index (χ0) is 18.0. The van der Waals surface area contributed by atoms with Gasteiger partial charge >= 0.3 is 5.97 Å². The number of aliphatic carboxylic acids is 1. The summed E-state index contributed by atoms with van der Waals surface area (Å²) >= 11 is 4.94. The van der Waals surface area contributed by atoms with Crippen molar-refractivity contribution in [2.24, 2.45) is 5.73 Å². The van der Waals surface area contributed by atoms with Crippen LogP contribution < -0.4 is 11.1 Å². The Morgan fingerprint density at radius 3 is 2.60 bits per heavy atom. The van der Waals surface area contributed by atoms with Crippen molar-refractivity contribution in [1.82, 2.24) is 9.38 Å². The van der Waals surface area contributed by atoms with Crippen LogP contribution in [0.4, 0.5) is 5.69 Å². The largest absolute Gasteiger partial charge is 0.481 e. The molecule has 126 valence electrons. The average Bonchev–Trinajstić information content (AvgIpc) is 2.97. The summed E-state index contributed by atoms with van der Waals surface area (Å²) in [5.74, 6) is -1.76. The van der Waals surface area contributed by atoms with Gasteiger partial charge in [-0.25, -0.2) is 4.98 Å². The molecule has 7 nitrogen and oxygen atoms in total. The number of carboxylic acid groups (broad SMARTS) is 1. The van der Waals surface area contributed by atoms with Gasteiger partial charge in [-0.3, -0.25) is 9.59 Å². The lowest BCUT2D eigenvalue weighted by atomic mass is 10.1. The monoisotopic (exact) mass is 354 g/mol. The van der Waals surface area contributed by atoms with Crippen LogP contribution >= 0.6 is 12.2 Å². The average molecular weight is 354 g/mol. The van der Waals surface area contributed by atoms with E-state index in [2.05, 4.69) is 10.3 Å². The van der Waals surface area contributed by atoms with E-state index in [1.165, 1.54) is 0 Å². The first-order chi connectivity index (χ1) is 11.9. The second kappa shape index (κ2) is 6.70. The molecule has 3 aromatic rings. The van der Waals surface area contributed by atoms with Gasteiger partial charge in [0, 0.05) is 35.3 Å². The van der Waals surface area contributed by atoms with Crippen molar-refractivity contribution in [3.8, 4) is 11.3 Å². The molecule has 4 N–H and O–H groups in total. The highest BCUT2D eigenvalue weighted by Crippen LogP contribution is 2.21. The summed E-state index contributed by atoms with van der Waals surface area (Å²) in [5, 5.41) is 11.2. The van der Waals surface area contributed by atoms with Gasteiger partial charge in [0.15, 0.2) is 0 Å². The molecular formula is C17H14N4O3S. The number of hydrogen-bond donors (Lipinski definition) is 3. The van der Waals surface area contributed by atoms with Crippen LogP contribution in [0.2, 0.25) is 0 Å². The molecule has 0 radical (unpaired) electrons. The lowest BCUT2D eigenvalue weighted by Gasteiger charge is -2.03. The number of hydrogen-bond acceptors (Lipinski definition) is 4. The maximum atomic E-state index is 11.5. The highest BCUT2D eigenvalue weighted by Gasteiger charge is 2.10. The number of carboxylic acids is 1. The van der Waals surface area contributed by atoms with Gasteiger partial charge in [0.2, 0.25) is 5.91 Å². The molecular weight excluding hydrogens is 340 g/mol. The van der Waals surface area contributed by atoms with E-state index in [-0.39, 0.29) is 0 Å². The summed E-state index contributed by atoms with van der Waals surface area (Å²) < 4.78 is 1.81. The van der Waals surface area contributed by atoms with Gasteiger partial charge in [-0.15, -0.1) is 0 Å². The minimum atomic E-state index is -1.18. The summed E-state index contributed by atoms with van der Waals surface area (Å²) in [4.78, 5) is 26.9. The fourth-order valence-corrected chi connectivity index (χ4v) is 2.48. The Kier molecular flexibility index (Phi) is 4.44. The van der Waals surface area contributed by atoms with E-state index in [1.54, 1.807) is 18.3 Å². The van der Waals surface area contributed by atoms with Gasteiger partial charge in [-0.1, -0.05) is 36.5 Å². The molecule has 0 atom stereocenters. The number of benzene rings is 1. The number of carbonyl (C=O) groups excluding carboxylic acids is 1. The van der Waals surface area contributed by atoms with Crippen LogP contribution in [-0.4, -0.2) is 31.4 Å². The highest BCUT2D eigenvalue weighted by molar-refractivity contribution is 7.80. The lowest BCUT2D eigenvalue weighted by Crippen LogP contribution is -2.15. The number of amides is 1. The number of aromatic nitrogens is 2. The number of rotatable bonds is 5. The minimum absolute atomic E-state index is 0.336. The van der Waals surface area contributed by atoms with E-state index in [4.69, 9.17) is 23.1 Å². The van der Waals surface area contributed by atoms with Crippen LogP contribution in [0, 0.1) is 0 Å². The second-order valence-electron chi connectivity index (χ2n) is 5.37. The Morgan fingerprint density at radius 2 is 1.96 bits per heavy atom. The van der Waals surface area contributed by atoms with E-state index in [0.717, 1.165) is 16.8 Å². The molecule has 0 saturated heterocycles. The van der Waals surface area contributed by atoms with E-state index in [0.29, 0.717) is 16.3 Å². The SMILES string of the molecule is NC(=S)c1ccc(-c2cn3ccc(NC(=O)CC(=O)O)cc3n2)cc1. The molecule has 2 aromatic heterocycles. The lowest BCUT2D eigenvalue weighted by molar-refractivity contribution is -0.139. The van der Waals surface area contributed by atoms with Crippen molar-refractivity contribution in [3.05, 3.63) is 54.4 Å². The van der Waals surface area contributed by atoms with Crippen LogP contribution in [-0.2, 0) is 9.59 Å². The molecule has 0 aliphatic heterocycles. The predicted molar refractivity (Wildman–Crippen MR) is 97.4 cm³/mol. The Morgan fingerprint density at radius 1 is 1.24 bits per heavy atom. The van der Waals surface area contributed by atoms with Crippen molar-refractivity contribution < 1.29 is 14.7 Å². The quantitative estimate of drug-likeness (QED) is 0.478. The fourth-order valence-electron chi connectivity index (χ4n) is 2.35. The van der Waals surface area contributed by atoms with E-state index in [1.807, 2.05) is 34.9 Å². The maximum absolute atomic E-state index is 11.5. The van der Waals surface area contributed by atoms with Crippen molar-refractivity contribution in [2.45, 2.75) is 6.42 Å². The van der Waals surface area contributed by atoms with Crippen LogP contribution in [0.1, 0.15) is 12.0 Å². The summed E-state index contributed by atoms with van der Waals surface area (Å²) in [6.45, 7) is 0. The molecule has 1 aromatic carbocycles. The summed E-state index contributed by atoms with van der Waals surface area (Å²) in [6.07, 6.45) is 3.01. The molecule has 0 bridgehead atoms. The Bertz CT molecular complexity index is 979. The van der Waals surface area contributed by atoms with Crippen molar-refractivity contribution >= 4 is 40.4 Å². The third-order valence-electron chi connectivity index (χ3n) is 3.52. The standard InChI is InChI=1S/C17H14N4O3S/c18-17(25)11-3-1-10(2-4-11)13-9-21-6-5-12(7-14(21)20-13)19-15(22)8-16(23)24/h1-7,9H,8H2,(H2,18,25)(H,19,22)(H,23,24). The van der Waals surface area contributed by atoms with Gasteiger partial charge in [0.25, 0.3) is 0 Å². The van der Waals surface area contributed by atoms with Gasteiger partial charge in [-0.2, -0.15) is 0 Å². The first-order valence-corrected chi connectivity index (χ1v) is 7.74. The van der Waals surface area contributed by atoms with Crippen molar-refractivity contribution in [1.29, 1.82) is 0 Å². The van der Waals surface area contributed by atoms with Crippen LogP contribution in [0.3, 0.4) is 0 Å². The number of thiocarbonyl (C=S) groups is 1. The topological polar surface area (TPSA) is 110 Å². The second-order valence-corrected chi connectivity index (χ2v) is 5.81. The molecule has 0 aliphatic rings. The van der Waals surface area contributed by atoms with Crippen LogP contribution in [0.15, 0.2) is 48.8 Å². The molecule has 0 aliphatic carbocycles. The maximum Gasteiger partial charge on any atom is 0.312 e. The third kappa shape index (κ3) is 3.81. The van der Waals surface area contributed by atoms with E-state index >= 15 is 0 Å². The number of carbonyl (C=O) groups is 2. The number of fused-ring (bicyclic) bond motifs is 1. The first kappa shape index (κ1) is 16.6. The molecule has 3 rings (SSSR count). The van der Waals surface area contributed by atoms with Crippen molar-refractivity contribution in [3.63, 3.8) is 0 Å². The minimum Gasteiger partial charge on any atom is -0.481 e. The van der Waals surface area contributed by atoms with E-state index < -0.39 is 18.3 Å². The molecule has 0 unspecified atom stereocenters. The van der Waals surface area contributed by atoms with Crippen LogP contribution in [0.5, 0.6) is 0 Å². The Labute approximate surface area is 148 Å². The van der Waals surface area contributed by atoms with Crippen LogP contribution in [0.25, 0.3) is 16.9 Å². The number of pyridine rings is 1. The molecule has 0 spiro atoms. The van der Waals surface area contributed by atoms with E-state index in [9.17, 15) is 9.59 Å². The zero-order valence-corrected chi connectivity index (χ0v) is 13.8. The third-order valence-corrected chi connectivity index (χ3v) is 3.76. The molecule has 1 amide bonds. The smallest absolute Gasteiger partial charge is 0.312 e. The first-order valence-electron chi connectivity index (χ1n) is 7.33. The zero-order valence-electron chi connectivity index (χ0n) is 13.0.